The van der Waals surface area contributed by atoms with Crippen molar-refractivity contribution in [1.82, 2.24) is 10.2 Å². The molecule has 8 nitrogen and oxygen atoms in total. The van der Waals surface area contributed by atoms with E-state index >= 15 is 0 Å². The van der Waals surface area contributed by atoms with Gasteiger partial charge in [-0.1, -0.05) is 11.6 Å². The van der Waals surface area contributed by atoms with Gasteiger partial charge < -0.3 is 25.2 Å². The highest BCUT2D eigenvalue weighted by Gasteiger charge is 2.21. The molecule has 1 rings (SSSR count). The first-order valence-corrected chi connectivity index (χ1v) is 9.54. The topological polar surface area (TPSA) is 92.2 Å². The Kier molecular flexibility index (Phi) is 9.75. The molecule has 156 valence electrons. The molecule has 0 heterocycles. The van der Waals surface area contributed by atoms with E-state index < -0.39 is 0 Å². The van der Waals surface area contributed by atoms with Crippen molar-refractivity contribution in [1.29, 1.82) is 0 Å². The van der Waals surface area contributed by atoms with Crippen LogP contribution in [0, 0.1) is 0 Å². The molecule has 9 heteroatoms. The van der Waals surface area contributed by atoms with Crippen molar-refractivity contribution >= 4 is 35.0 Å². The molecule has 0 radical (unpaired) electrons. The average molecular weight is 414 g/mol. The first-order valence-electron chi connectivity index (χ1n) is 9.16. The zero-order chi connectivity index (χ0) is 21.3. The van der Waals surface area contributed by atoms with Gasteiger partial charge in [-0.2, -0.15) is 0 Å². The molecule has 1 aromatic rings. The lowest BCUT2D eigenvalue weighted by molar-refractivity contribution is -0.882. The largest absolute Gasteiger partial charge is 0.495 e. The van der Waals surface area contributed by atoms with Crippen LogP contribution < -0.4 is 20.3 Å². The molecule has 0 spiro atoms. The van der Waals surface area contributed by atoms with Crippen LogP contribution in [0.3, 0.4) is 0 Å². The van der Waals surface area contributed by atoms with Crippen LogP contribution in [0.15, 0.2) is 18.2 Å². The Hall–Kier alpha value is -2.32. The first kappa shape index (κ1) is 23.7. The number of rotatable bonds is 10. The SMILES string of the molecule is CC[NH+](CC(=O)NC(C)C)CC(=O)N(C)CC(=O)Nc1cc(Cl)ccc1OC. The molecule has 0 saturated heterocycles. The summed E-state index contributed by atoms with van der Waals surface area (Å²) in [6, 6.07) is 4.94. The molecule has 0 bridgehead atoms. The molecule has 0 aliphatic rings. The average Bonchev–Trinajstić information content (AvgIpc) is 2.60. The molecule has 0 aromatic heterocycles. The highest BCUT2D eigenvalue weighted by Crippen LogP contribution is 2.27. The van der Waals surface area contributed by atoms with E-state index in [1.54, 1.807) is 25.2 Å². The van der Waals surface area contributed by atoms with Crippen molar-refractivity contribution in [3.8, 4) is 5.75 Å². The highest BCUT2D eigenvalue weighted by atomic mass is 35.5. The van der Waals surface area contributed by atoms with Crippen LogP contribution in [0.4, 0.5) is 5.69 Å². The van der Waals surface area contributed by atoms with Crippen molar-refractivity contribution in [2.75, 3.05) is 45.7 Å². The van der Waals surface area contributed by atoms with Crippen molar-refractivity contribution in [3.63, 3.8) is 0 Å². The van der Waals surface area contributed by atoms with Crippen LogP contribution >= 0.6 is 11.6 Å². The fourth-order valence-electron chi connectivity index (χ4n) is 2.53. The van der Waals surface area contributed by atoms with Gasteiger partial charge in [0.15, 0.2) is 13.1 Å². The van der Waals surface area contributed by atoms with Gasteiger partial charge in [-0.25, -0.2) is 0 Å². The number of amides is 3. The zero-order valence-corrected chi connectivity index (χ0v) is 17.9. The Morgan fingerprint density at radius 3 is 2.46 bits per heavy atom. The van der Waals surface area contributed by atoms with E-state index in [4.69, 9.17) is 16.3 Å². The molecule has 0 aliphatic carbocycles. The van der Waals surface area contributed by atoms with Gasteiger partial charge in [0.1, 0.15) is 5.75 Å². The number of nitrogens with zero attached hydrogens (tertiary/aromatic N) is 1. The molecule has 1 atom stereocenters. The Balaban J connectivity index is 2.60. The maximum absolute atomic E-state index is 12.4. The number of benzene rings is 1. The van der Waals surface area contributed by atoms with E-state index in [1.807, 2.05) is 20.8 Å². The number of likely N-dealkylation sites (N-methyl/N-ethyl adjacent to an activating group) is 2. The Bertz CT molecular complexity index is 697. The maximum atomic E-state index is 12.4. The predicted molar refractivity (Wildman–Crippen MR) is 109 cm³/mol. The molecular formula is C19H30ClN4O4+. The molecule has 0 fully saturated rings. The van der Waals surface area contributed by atoms with Gasteiger partial charge in [-0.05, 0) is 39.0 Å². The third-order valence-electron chi connectivity index (χ3n) is 4.00. The number of quaternary nitrogens is 1. The van der Waals surface area contributed by atoms with Crippen LogP contribution in [0.25, 0.3) is 0 Å². The summed E-state index contributed by atoms with van der Waals surface area (Å²) in [4.78, 5) is 38.8. The third kappa shape index (κ3) is 8.14. The van der Waals surface area contributed by atoms with E-state index in [0.29, 0.717) is 23.0 Å². The zero-order valence-electron chi connectivity index (χ0n) is 17.1. The highest BCUT2D eigenvalue weighted by molar-refractivity contribution is 6.31. The van der Waals surface area contributed by atoms with Gasteiger partial charge in [0.05, 0.1) is 25.9 Å². The van der Waals surface area contributed by atoms with Crippen LogP contribution in [0.2, 0.25) is 5.02 Å². The Morgan fingerprint density at radius 1 is 1.21 bits per heavy atom. The molecule has 1 aromatic carbocycles. The van der Waals surface area contributed by atoms with Crippen molar-refractivity contribution in [2.24, 2.45) is 0 Å². The summed E-state index contributed by atoms with van der Waals surface area (Å²) in [5.74, 6) is -0.216. The molecular weight excluding hydrogens is 384 g/mol. The fourth-order valence-corrected chi connectivity index (χ4v) is 2.70. The number of methoxy groups -OCH3 is 1. The molecule has 0 saturated carbocycles. The lowest BCUT2D eigenvalue weighted by Crippen LogP contribution is -3.14. The molecule has 28 heavy (non-hydrogen) atoms. The van der Waals surface area contributed by atoms with Gasteiger partial charge in [0, 0.05) is 18.1 Å². The normalized spacial score (nSPS) is 11.7. The van der Waals surface area contributed by atoms with Crippen LogP contribution in [0.5, 0.6) is 5.75 Å². The fraction of sp³-hybridized carbons (Fsp3) is 0.526. The number of anilines is 1. The van der Waals surface area contributed by atoms with Crippen molar-refractivity contribution < 1.29 is 24.0 Å². The molecule has 1 unspecified atom stereocenters. The monoisotopic (exact) mass is 413 g/mol. The minimum atomic E-state index is -0.369. The van der Waals surface area contributed by atoms with Gasteiger partial charge >= 0.3 is 0 Å². The van der Waals surface area contributed by atoms with E-state index in [2.05, 4.69) is 10.6 Å². The van der Waals surface area contributed by atoms with Gasteiger partial charge in [0.25, 0.3) is 11.8 Å². The van der Waals surface area contributed by atoms with Crippen molar-refractivity contribution in [2.45, 2.75) is 26.8 Å². The molecule has 0 aliphatic heterocycles. The maximum Gasteiger partial charge on any atom is 0.277 e. The summed E-state index contributed by atoms with van der Waals surface area (Å²) < 4.78 is 5.19. The number of hydrogen-bond donors (Lipinski definition) is 3. The predicted octanol–water partition coefficient (Wildman–Crippen LogP) is 0.175. The summed E-state index contributed by atoms with van der Waals surface area (Å²) in [6.45, 7) is 6.52. The van der Waals surface area contributed by atoms with E-state index in [-0.39, 0.29) is 43.4 Å². The summed E-state index contributed by atoms with van der Waals surface area (Å²) >= 11 is 5.95. The first-order chi connectivity index (χ1) is 13.2. The second kappa shape index (κ2) is 11.5. The van der Waals surface area contributed by atoms with Crippen LogP contribution in [-0.2, 0) is 14.4 Å². The summed E-state index contributed by atoms with van der Waals surface area (Å²) in [5.41, 5.74) is 0.437. The number of halogens is 1. The molecule has 3 amide bonds. The van der Waals surface area contributed by atoms with Gasteiger partial charge in [-0.15, -0.1) is 0 Å². The third-order valence-corrected chi connectivity index (χ3v) is 4.24. The number of ether oxygens (including phenoxy) is 1. The number of carbonyl (C=O) groups excluding carboxylic acids is 3. The second-order valence-electron chi connectivity index (χ2n) is 6.82. The van der Waals surface area contributed by atoms with Crippen LogP contribution in [0.1, 0.15) is 20.8 Å². The van der Waals surface area contributed by atoms with E-state index in [9.17, 15) is 14.4 Å². The minimum Gasteiger partial charge on any atom is -0.495 e. The Labute approximate surface area is 171 Å². The second-order valence-corrected chi connectivity index (χ2v) is 7.26. The Morgan fingerprint density at radius 2 is 1.89 bits per heavy atom. The van der Waals surface area contributed by atoms with Gasteiger partial charge in [0.2, 0.25) is 5.91 Å². The minimum absolute atomic E-state index is 0.0520. The summed E-state index contributed by atoms with van der Waals surface area (Å²) in [5, 5.41) is 5.97. The number of carbonyl (C=O) groups is 3. The van der Waals surface area contributed by atoms with Crippen LogP contribution in [-0.4, -0.2) is 69.0 Å². The van der Waals surface area contributed by atoms with Gasteiger partial charge in [-0.3, -0.25) is 14.4 Å². The van der Waals surface area contributed by atoms with E-state index in [1.165, 1.54) is 12.0 Å². The molecule has 3 N–H and O–H groups in total. The summed E-state index contributed by atoms with van der Waals surface area (Å²) in [7, 11) is 3.05. The lowest BCUT2D eigenvalue weighted by atomic mass is 10.3. The van der Waals surface area contributed by atoms with Crippen molar-refractivity contribution in [3.05, 3.63) is 23.2 Å². The quantitative estimate of drug-likeness (QED) is 0.510. The standard InChI is InChI=1S/C19H29ClN4O4/c1-6-24(11-18(26)21-13(2)3)12-19(27)23(4)10-17(25)22-15-9-14(20)7-8-16(15)28-5/h7-9,13H,6,10-12H2,1-5H3,(H,21,26)(H,22,25)/p+1. The lowest BCUT2D eigenvalue weighted by Gasteiger charge is -2.22. The smallest absolute Gasteiger partial charge is 0.277 e. The number of nitrogens with one attached hydrogen (secondary N) is 3. The number of hydrogen-bond acceptors (Lipinski definition) is 4. The van der Waals surface area contributed by atoms with E-state index in [0.717, 1.165) is 4.90 Å². The summed E-state index contributed by atoms with van der Waals surface area (Å²) in [6.07, 6.45) is 0.